The van der Waals surface area contributed by atoms with Gasteiger partial charge >= 0.3 is 0 Å². The molecule has 31 heavy (non-hydrogen) atoms. The highest BCUT2D eigenvalue weighted by atomic mass is 32.2. The maximum atomic E-state index is 12.9. The largest absolute Gasteiger partial charge is 0.354 e. The summed E-state index contributed by atoms with van der Waals surface area (Å²) in [4.78, 5) is 25.2. The van der Waals surface area contributed by atoms with Crippen molar-refractivity contribution in [2.75, 3.05) is 31.1 Å². The Kier molecular flexibility index (Phi) is 5.41. The molecule has 0 radical (unpaired) electrons. The van der Waals surface area contributed by atoms with Crippen molar-refractivity contribution >= 4 is 21.5 Å². The Balaban J connectivity index is 1.50. The van der Waals surface area contributed by atoms with E-state index in [2.05, 4.69) is 15.0 Å². The molecule has 0 aliphatic carbocycles. The van der Waals surface area contributed by atoms with Crippen LogP contribution in [0.2, 0.25) is 0 Å². The standard InChI is InChI=1S/C19H21N7O4S/c1-14-15(2)25(13-22-14)19-11-18(20-12-21-19)23-6-8-24(9-7-23)31(29,30)17-5-3-4-16(10-17)26(27)28/h3-5,10-13H,6-9H2,1-2H3. The first-order valence-electron chi connectivity index (χ1n) is 9.60. The average Bonchev–Trinajstić information content (AvgIpc) is 3.12. The smallest absolute Gasteiger partial charge is 0.270 e. The van der Waals surface area contributed by atoms with Crippen LogP contribution in [0, 0.1) is 24.0 Å². The number of nitrogens with zero attached hydrogens (tertiary/aromatic N) is 7. The lowest BCUT2D eigenvalue weighted by atomic mass is 10.3. The van der Waals surface area contributed by atoms with Crippen LogP contribution in [0.15, 0.2) is 47.9 Å². The van der Waals surface area contributed by atoms with Crippen molar-refractivity contribution in [2.45, 2.75) is 18.7 Å². The molecule has 1 aliphatic rings. The van der Waals surface area contributed by atoms with Gasteiger partial charge in [0.25, 0.3) is 5.69 Å². The van der Waals surface area contributed by atoms with Gasteiger partial charge in [-0.15, -0.1) is 0 Å². The lowest BCUT2D eigenvalue weighted by Gasteiger charge is -2.34. The van der Waals surface area contributed by atoms with Crippen LogP contribution in [0.3, 0.4) is 0 Å². The van der Waals surface area contributed by atoms with Gasteiger partial charge in [-0.2, -0.15) is 4.31 Å². The van der Waals surface area contributed by atoms with Gasteiger partial charge in [-0.05, 0) is 19.9 Å². The molecule has 0 bridgehead atoms. The molecule has 3 aromatic rings. The van der Waals surface area contributed by atoms with E-state index in [1.807, 2.05) is 29.4 Å². The minimum atomic E-state index is -3.82. The van der Waals surface area contributed by atoms with Crippen molar-refractivity contribution in [1.29, 1.82) is 0 Å². The second-order valence-corrected chi connectivity index (χ2v) is 9.10. The number of aromatic nitrogens is 4. The van der Waals surface area contributed by atoms with Gasteiger partial charge in [-0.3, -0.25) is 14.7 Å². The third-order valence-corrected chi connectivity index (χ3v) is 7.26. The SMILES string of the molecule is Cc1ncn(-c2cc(N3CCN(S(=O)(=O)c4cccc([N+](=O)[O-])c4)CC3)ncn2)c1C. The highest BCUT2D eigenvalue weighted by Crippen LogP contribution is 2.24. The molecule has 2 aromatic heterocycles. The van der Waals surface area contributed by atoms with Gasteiger partial charge in [0.15, 0.2) is 0 Å². The van der Waals surface area contributed by atoms with Crippen molar-refractivity contribution in [3.63, 3.8) is 0 Å². The van der Waals surface area contributed by atoms with E-state index in [4.69, 9.17) is 0 Å². The summed E-state index contributed by atoms with van der Waals surface area (Å²) < 4.78 is 29.1. The fourth-order valence-corrected chi connectivity index (χ4v) is 4.90. The van der Waals surface area contributed by atoms with Crippen LogP contribution in [0.1, 0.15) is 11.4 Å². The Hall–Kier alpha value is -3.38. The van der Waals surface area contributed by atoms with E-state index in [1.54, 1.807) is 6.33 Å². The van der Waals surface area contributed by atoms with Crippen LogP contribution >= 0.6 is 0 Å². The van der Waals surface area contributed by atoms with Gasteiger partial charge in [0, 0.05) is 50.1 Å². The third kappa shape index (κ3) is 3.99. The number of aryl methyl sites for hydroxylation is 1. The predicted octanol–water partition coefficient (Wildman–Crippen LogP) is 1.70. The minimum absolute atomic E-state index is 0.0783. The Morgan fingerprint density at radius 1 is 1.00 bits per heavy atom. The van der Waals surface area contributed by atoms with Crippen molar-refractivity contribution in [3.8, 4) is 5.82 Å². The van der Waals surface area contributed by atoms with E-state index in [9.17, 15) is 18.5 Å². The molecule has 1 fully saturated rings. The van der Waals surface area contributed by atoms with E-state index in [1.165, 1.54) is 28.8 Å². The van der Waals surface area contributed by atoms with Crippen LogP contribution in [0.5, 0.6) is 0 Å². The molecule has 0 amide bonds. The molecule has 0 spiro atoms. The van der Waals surface area contributed by atoms with Gasteiger partial charge in [0.2, 0.25) is 10.0 Å². The number of anilines is 1. The zero-order valence-corrected chi connectivity index (χ0v) is 17.9. The summed E-state index contributed by atoms with van der Waals surface area (Å²) >= 11 is 0. The number of hydrogen-bond acceptors (Lipinski definition) is 8. The van der Waals surface area contributed by atoms with Crippen LogP contribution in [-0.2, 0) is 10.0 Å². The molecule has 4 rings (SSSR count). The van der Waals surface area contributed by atoms with Crippen LogP contribution < -0.4 is 4.90 Å². The lowest BCUT2D eigenvalue weighted by Crippen LogP contribution is -2.49. The van der Waals surface area contributed by atoms with E-state index in [0.29, 0.717) is 24.7 Å². The molecule has 0 atom stereocenters. The molecule has 0 saturated carbocycles. The molecule has 0 N–H and O–H groups in total. The topological polar surface area (TPSA) is 127 Å². The average molecular weight is 443 g/mol. The van der Waals surface area contributed by atoms with Gasteiger partial charge in [0.1, 0.15) is 24.3 Å². The minimum Gasteiger partial charge on any atom is -0.354 e. The van der Waals surface area contributed by atoms with Crippen molar-refractivity contribution in [3.05, 3.63) is 64.5 Å². The predicted molar refractivity (Wildman–Crippen MR) is 113 cm³/mol. The normalized spacial score (nSPS) is 15.2. The first kappa shape index (κ1) is 20.9. The van der Waals surface area contributed by atoms with E-state index < -0.39 is 14.9 Å². The lowest BCUT2D eigenvalue weighted by molar-refractivity contribution is -0.385. The van der Waals surface area contributed by atoms with Crippen LogP contribution in [-0.4, -0.2) is 63.3 Å². The maximum absolute atomic E-state index is 12.9. The molecule has 11 nitrogen and oxygen atoms in total. The van der Waals surface area contributed by atoms with E-state index in [-0.39, 0.29) is 23.7 Å². The van der Waals surface area contributed by atoms with Gasteiger partial charge in [-0.1, -0.05) is 6.07 Å². The highest BCUT2D eigenvalue weighted by molar-refractivity contribution is 7.89. The molecule has 1 saturated heterocycles. The molecule has 3 heterocycles. The number of sulfonamides is 1. The summed E-state index contributed by atoms with van der Waals surface area (Å²) in [5.41, 5.74) is 1.65. The molecule has 1 aromatic carbocycles. The molecular formula is C19H21N7O4S. The van der Waals surface area contributed by atoms with E-state index >= 15 is 0 Å². The van der Waals surface area contributed by atoms with Crippen molar-refractivity contribution < 1.29 is 13.3 Å². The summed E-state index contributed by atoms with van der Waals surface area (Å²) in [6, 6.07) is 6.96. The first-order chi connectivity index (χ1) is 14.8. The quantitative estimate of drug-likeness (QED) is 0.431. The summed E-state index contributed by atoms with van der Waals surface area (Å²) in [6.07, 6.45) is 3.19. The Labute approximate surface area is 179 Å². The number of nitro groups is 1. The molecular weight excluding hydrogens is 422 g/mol. The monoisotopic (exact) mass is 443 g/mol. The second kappa shape index (κ2) is 8.04. The van der Waals surface area contributed by atoms with Crippen LogP contribution in [0.4, 0.5) is 11.5 Å². The molecule has 12 heteroatoms. The van der Waals surface area contributed by atoms with Gasteiger partial charge in [-0.25, -0.2) is 23.4 Å². The number of piperazine rings is 1. The fourth-order valence-electron chi connectivity index (χ4n) is 3.44. The summed E-state index contributed by atoms with van der Waals surface area (Å²) in [5.74, 6) is 1.39. The Morgan fingerprint density at radius 3 is 2.35 bits per heavy atom. The number of non-ortho nitro benzene ring substituents is 1. The molecule has 1 aliphatic heterocycles. The van der Waals surface area contributed by atoms with Gasteiger partial charge < -0.3 is 4.90 Å². The first-order valence-corrected chi connectivity index (χ1v) is 11.0. The third-order valence-electron chi connectivity index (χ3n) is 5.37. The second-order valence-electron chi connectivity index (χ2n) is 7.17. The summed E-state index contributed by atoms with van der Waals surface area (Å²) in [5, 5.41) is 11.0. The van der Waals surface area contributed by atoms with Crippen molar-refractivity contribution in [2.24, 2.45) is 0 Å². The zero-order chi connectivity index (χ0) is 22.2. The number of benzene rings is 1. The molecule has 0 unspecified atom stereocenters. The van der Waals surface area contributed by atoms with Gasteiger partial charge in [0.05, 0.1) is 15.5 Å². The summed E-state index contributed by atoms with van der Waals surface area (Å²) in [7, 11) is -3.82. The van der Waals surface area contributed by atoms with Crippen molar-refractivity contribution in [1.82, 2.24) is 23.8 Å². The maximum Gasteiger partial charge on any atom is 0.270 e. The van der Waals surface area contributed by atoms with Crippen LogP contribution in [0.25, 0.3) is 5.82 Å². The number of imidazole rings is 1. The summed E-state index contributed by atoms with van der Waals surface area (Å²) in [6.45, 7) is 5.25. The Bertz CT molecular complexity index is 1230. The highest BCUT2D eigenvalue weighted by Gasteiger charge is 2.30. The van der Waals surface area contributed by atoms with E-state index in [0.717, 1.165) is 17.5 Å². The number of nitro benzene ring substituents is 1. The fraction of sp³-hybridized carbons (Fsp3) is 0.316. The number of rotatable bonds is 5. The Morgan fingerprint density at radius 2 is 1.71 bits per heavy atom. The zero-order valence-electron chi connectivity index (χ0n) is 17.0. The molecule has 162 valence electrons. The number of hydrogen-bond donors (Lipinski definition) is 0.